The number of ether oxygens (including phenoxy) is 1. The van der Waals surface area contributed by atoms with Crippen molar-refractivity contribution in [3.63, 3.8) is 0 Å². The molecule has 0 aromatic carbocycles. The third-order valence-electron chi connectivity index (χ3n) is 5.05. The smallest absolute Gasteiger partial charge is 0.475 e. The van der Waals surface area contributed by atoms with Gasteiger partial charge in [0.05, 0.1) is 13.2 Å². The molecule has 2 aliphatic heterocycles. The zero-order valence-corrected chi connectivity index (χ0v) is 16.6. The van der Waals surface area contributed by atoms with Crippen molar-refractivity contribution < 1.29 is 32.3 Å². The maximum absolute atomic E-state index is 10.6. The summed E-state index contributed by atoms with van der Waals surface area (Å²) in [6.07, 6.45) is -4.24. The Morgan fingerprint density at radius 3 is 2.72 bits per heavy atom. The lowest BCUT2D eigenvalue weighted by atomic mass is 9.81. The summed E-state index contributed by atoms with van der Waals surface area (Å²) in [7, 11) is 0. The van der Waals surface area contributed by atoms with E-state index in [0.717, 1.165) is 45.2 Å². The van der Waals surface area contributed by atoms with Crippen molar-refractivity contribution in [1.82, 2.24) is 15.0 Å². The SMILES string of the molecule is Cc1noc(C[C@@H]2COC[C@H]3CN(Cc4cccs4)C[C@@H]23)n1.O=C(O)C(F)(F)F. The number of carboxylic acid groups (broad SMARTS) is 1. The summed E-state index contributed by atoms with van der Waals surface area (Å²) in [5.74, 6) is 0.528. The number of hydrogen-bond donors (Lipinski definition) is 1. The number of thiophene rings is 1. The van der Waals surface area contributed by atoms with Crippen LogP contribution in [0.4, 0.5) is 13.2 Å². The predicted octanol–water partition coefficient (Wildman–Crippen LogP) is 3.01. The van der Waals surface area contributed by atoms with Crippen LogP contribution in [0.2, 0.25) is 0 Å². The highest BCUT2D eigenvalue weighted by molar-refractivity contribution is 7.09. The van der Waals surface area contributed by atoms with Crippen LogP contribution < -0.4 is 0 Å². The zero-order valence-electron chi connectivity index (χ0n) is 15.8. The number of hydrogen-bond acceptors (Lipinski definition) is 7. The van der Waals surface area contributed by atoms with Gasteiger partial charge < -0.3 is 14.4 Å². The van der Waals surface area contributed by atoms with Gasteiger partial charge in [-0.3, -0.25) is 4.90 Å². The Hall–Kier alpha value is -1.98. The first-order chi connectivity index (χ1) is 13.7. The lowest BCUT2D eigenvalue weighted by Crippen LogP contribution is -2.36. The molecule has 2 saturated heterocycles. The molecule has 0 bridgehead atoms. The number of alkyl halides is 3. The van der Waals surface area contributed by atoms with E-state index < -0.39 is 12.1 Å². The molecule has 29 heavy (non-hydrogen) atoms. The number of likely N-dealkylation sites (tertiary alicyclic amines) is 1. The van der Waals surface area contributed by atoms with Gasteiger partial charge in [-0.1, -0.05) is 11.2 Å². The summed E-state index contributed by atoms with van der Waals surface area (Å²) < 4.78 is 42.9. The fourth-order valence-corrected chi connectivity index (χ4v) is 4.55. The van der Waals surface area contributed by atoms with Crippen LogP contribution in [0.5, 0.6) is 0 Å². The molecule has 0 aliphatic carbocycles. The van der Waals surface area contributed by atoms with E-state index in [1.165, 1.54) is 4.88 Å². The number of aliphatic carboxylic acids is 1. The summed E-state index contributed by atoms with van der Waals surface area (Å²) in [5, 5.41) is 13.2. The Labute approximate surface area is 169 Å². The van der Waals surface area contributed by atoms with Crippen LogP contribution >= 0.6 is 11.3 Å². The topological polar surface area (TPSA) is 88.7 Å². The van der Waals surface area contributed by atoms with E-state index in [1.807, 2.05) is 18.3 Å². The number of aryl methyl sites for hydroxylation is 1. The van der Waals surface area contributed by atoms with Gasteiger partial charge in [-0.15, -0.1) is 11.3 Å². The standard InChI is InChI=1S/C16H21N3O2S.C2HF3O2/c1-11-17-16(21-18-11)5-12-9-20-10-13-6-19(8-15(12)13)7-14-3-2-4-22-14;3-2(4,5)1(6)7/h2-4,12-13,15H,5-10H2,1H3;(H,6,7)/t12-,13-,15+;/m1./s1. The highest BCUT2D eigenvalue weighted by atomic mass is 32.1. The number of aromatic nitrogens is 2. The highest BCUT2D eigenvalue weighted by Crippen LogP contribution is 2.36. The van der Waals surface area contributed by atoms with E-state index in [-0.39, 0.29) is 0 Å². The van der Waals surface area contributed by atoms with Gasteiger partial charge in [0, 0.05) is 30.9 Å². The van der Waals surface area contributed by atoms with Gasteiger partial charge >= 0.3 is 12.1 Å². The second-order valence-corrected chi connectivity index (χ2v) is 8.27. The normalized spacial score (nSPS) is 24.6. The molecule has 11 heteroatoms. The van der Waals surface area contributed by atoms with Crippen LogP contribution in [0.15, 0.2) is 22.0 Å². The number of nitrogens with zero attached hydrogens (tertiary/aromatic N) is 3. The lowest BCUT2D eigenvalue weighted by Gasteiger charge is -2.32. The molecule has 4 rings (SSSR count). The summed E-state index contributed by atoms with van der Waals surface area (Å²) in [5.41, 5.74) is 0. The molecular formula is C18H22F3N3O4S. The molecule has 0 amide bonds. The van der Waals surface area contributed by atoms with Gasteiger partial charge in [0.15, 0.2) is 5.82 Å². The molecule has 4 heterocycles. The largest absolute Gasteiger partial charge is 0.490 e. The van der Waals surface area contributed by atoms with E-state index >= 15 is 0 Å². The maximum atomic E-state index is 10.6. The molecule has 2 fully saturated rings. The Morgan fingerprint density at radius 1 is 1.38 bits per heavy atom. The molecule has 0 spiro atoms. The molecule has 7 nitrogen and oxygen atoms in total. The van der Waals surface area contributed by atoms with Crippen molar-refractivity contribution in [1.29, 1.82) is 0 Å². The van der Waals surface area contributed by atoms with E-state index in [9.17, 15) is 13.2 Å². The number of carboxylic acids is 1. The summed E-state index contributed by atoms with van der Waals surface area (Å²) >= 11 is 1.84. The molecule has 160 valence electrons. The van der Waals surface area contributed by atoms with Gasteiger partial charge in [-0.2, -0.15) is 18.2 Å². The molecule has 0 radical (unpaired) electrons. The van der Waals surface area contributed by atoms with Gasteiger partial charge in [-0.25, -0.2) is 4.79 Å². The molecule has 2 aliphatic rings. The minimum Gasteiger partial charge on any atom is -0.475 e. The third kappa shape index (κ3) is 6.00. The first-order valence-electron chi connectivity index (χ1n) is 9.14. The van der Waals surface area contributed by atoms with Crippen molar-refractivity contribution in [2.45, 2.75) is 26.1 Å². The molecular weight excluding hydrogens is 411 g/mol. The van der Waals surface area contributed by atoms with E-state index in [0.29, 0.717) is 23.6 Å². The second kappa shape index (κ2) is 9.23. The van der Waals surface area contributed by atoms with E-state index in [1.54, 1.807) is 0 Å². The molecule has 0 saturated carbocycles. The fraction of sp³-hybridized carbons (Fsp3) is 0.611. The highest BCUT2D eigenvalue weighted by Gasteiger charge is 2.41. The lowest BCUT2D eigenvalue weighted by molar-refractivity contribution is -0.192. The van der Waals surface area contributed by atoms with Gasteiger partial charge in [0.2, 0.25) is 5.89 Å². The molecule has 1 N–H and O–H groups in total. The molecule has 0 unspecified atom stereocenters. The van der Waals surface area contributed by atoms with Gasteiger partial charge in [0.25, 0.3) is 0 Å². The maximum Gasteiger partial charge on any atom is 0.490 e. The van der Waals surface area contributed by atoms with Crippen molar-refractivity contribution in [3.8, 4) is 0 Å². The van der Waals surface area contributed by atoms with Crippen molar-refractivity contribution in [3.05, 3.63) is 34.1 Å². The average Bonchev–Trinajstić information content (AvgIpc) is 3.37. The van der Waals surface area contributed by atoms with Crippen LogP contribution in [0.25, 0.3) is 0 Å². The van der Waals surface area contributed by atoms with Crippen LogP contribution in [0.3, 0.4) is 0 Å². The molecule has 2 aromatic rings. The predicted molar refractivity (Wildman–Crippen MR) is 97.3 cm³/mol. The second-order valence-electron chi connectivity index (χ2n) is 7.24. The van der Waals surface area contributed by atoms with E-state index in [4.69, 9.17) is 19.2 Å². The Kier molecular flexibility index (Phi) is 6.91. The molecule has 3 atom stereocenters. The molecule has 2 aromatic heterocycles. The van der Waals surface area contributed by atoms with Crippen molar-refractivity contribution in [2.75, 3.05) is 26.3 Å². The van der Waals surface area contributed by atoms with Gasteiger partial charge in [0.1, 0.15) is 0 Å². The number of halogens is 3. The average molecular weight is 433 g/mol. The van der Waals surface area contributed by atoms with Crippen LogP contribution in [0.1, 0.15) is 16.6 Å². The number of fused-ring (bicyclic) bond motifs is 1. The van der Waals surface area contributed by atoms with Crippen LogP contribution in [-0.2, 0) is 22.5 Å². The van der Waals surface area contributed by atoms with Gasteiger partial charge in [-0.05, 0) is 36.1 Å². The fourth-order valence-electron chi connectivity index (χ4n) is 3.80. The Balaban J connectivity index is 0.000000298. The summed E-state index contributed by atoms with van der Waals surface area (Å²) in [6.45, 7) is 6.94. The van der Waals surface area contributed by atoms with Crippen LogP contribution in [0, 0.1) is 24.7 Å². The quantitative estimate of drug-likeness (QED) is 0.793. The summed E-state index contributed by atoms with van der Waals surface area (Å²) in [4.78, 5) is 17.3. The summed E-state index contributed by atoms with van der Waals surface area (Å²) in [6, 6.07) is 4.36. The monoisotopic (exact) mass is 433 g/mol. The van der Waals surface area contributed by atoms with E-state index in [2.05, 4.69) is 32.6 Å². The third-order valence-corrected chi connectivity index (χ3v) is 5.91. The first-order valence-corrected chi connectivity index (χ1v) is 10.0. The van der Waals surface area contributed by atoms with Crippen molar-refractivity contribution in [2.24, 2.45) is 17.8 Å². The minimum atomic E-state index is -5.08. The zero-order chi connectivity index (χ0) is 21.0. The number of carbonyl (C=O) groups is 1. The Morgan fingerprint density at radius 2 is 2.14 bits per heavy atom. The Bertz CT molecular complexity index is 797. The van der Waals surface area contributed by atoms with Crippen molar-refractivity contribution >= 4 is 17.3 Å². The minimum absolute atomic E-state index is 0.493. The first kappa shape index (κ1) is 21.7. The van der Waals surface area contributed by atoms with Crippen LogP contribution in [-0.4, -0.2) is 58.6 Å². The number of rotatable bonds is 4.